The molecule has 1 rings (SSSR count). The van der Waals surface area contributed by atoms with Crippen LogP contribution in [0.3, 0.4) is 0 Å². The van der Waals surface area contributed by atoms with E-state index in [9.17, 15) is 5.11 Å². The Bertz CT molecular complexity index is 425. The molecule has 0 aliphatic carbocycles. The van der Waals surface area contributed by atoms with Gasteiger partial charge >= 0.3 is 0 Å². The highest BCUT2D eigenvalue weighted by Crippen LogP contribution is 2.26. The molecule has 0 amide bonds. The summed E-state index contributed by atoms with van der Waals surface area (Å²) in [6.45, 7) is 11.5. The van der Waals surface area contributed by atoms with Crippen molar-refractivity contribution in [2.45, 2.75) is 59.1 Å². The summed E-state index contributed by atoms with van der Waals surface area (Å²) in [5.41, 5.74) is 1.81. The SMILES string of the molecule is CC(C)N(CCCO)c1cc(CO)cc(C(C)(C)C)n1. The predicted octanol–water partition coefficient (Wildman–Crippen LogP) is 2.47. The number of rotatable bonds is 6. The molecule has 114 valence electrons. The molecule has 1 aromatic heterocycles. The summed E-state index contributed by atoms with van der Waals surface area (Å²) in [7, 11) is 0. The minimum absolute atomic E-state index is 0.0184. The van der Waals surface area contributed by atoms with Crippen LogP contribution in [-0.4, -0.2) is 34.4 Å². The molecule has 0 saturated carbocycles. The zero-order valence-electron chi connectivity index (χ0n) is 13.3. The Balaban J connectivity index is 3.19. The van der Waals surface area contributed by atoms with Crippen LogP contribution in [0.15, 0.2) is 12.1 Å². The molecule has 1 heterocycles. The third-order valence-electron chi connectivity index (χ3n) is 3.30. The van der Waals surface area contributed by atoms with E-state index >= 15 is 0 Å². The quantitative estimate of drug-likeness (QED) is 0.840. The lowest BCUT2D eigenvalue weighted by atomic mass is 9.90. The molecule has 0 unspecified atom stereocenters. The zero-order valence-corrected chi connectivity index (χ0v) is 13.3. The van der Waals surface area contributed by atoms with Gasteiger partial charge in [-0.05, 0) is 38.0 Å². The minimum atomic E-state index is -0.0560. The van der Waals surface area contributed by atoms with Crippen molar-refractivity contribution in [2.24, 2.45) is 0 Å². The van der Waals surface area contributed by atoms with Crippen molar-refractivity contribution in [1.29, 1.82) is 0 Å². The van der Waals surface area contributed by atoms with Gasteiger partial charge < -0.3 is 15.1 Å². The van der Waals surface area contributed by atoms with Crippen LogP contribution in [0.4, 0.5) is 5.82 Å². The monoisotopic (exact) mass is 280 g/mol. The minimum Gasteiger partial charge on any atom is -0.396 e. The lowest BCUT2D eigenvalue weighted by molar-refractivity contribution is 0.281. The van der Waals surface area contributed by atoms with E-state index in [-0.39, 0.29) is 18.6 Å². The van der Waals surface area contributed by atoms with E-state index < -0.39 is 0 Å². The molecule has 0 aromatic carbocycles. The molecule has 0 saturated heterocycles. The van der Waals surface area contributed by atoms with E-state index in [0.717, 1.165) is 23.6 Å². The van der Waals surface area contributed by atoms with Crippen molar-refractivity contribution >= 4 is 5.82 Å². The Kier molecular flexibility index (Phi) is 5.96. The van der Waals surface area contributed by atoms with Crippen molar-refractivity contribution < 1.29 is 10.2 Å². The highest BCUT2D eigenvalue weighted by molar-refractivity contribution is 5.44. The first-order valence-corrected chi connectivity index (χ1v) is 7.29. The average Bonchev–Trinajstić information content (AvgIpc) is 2.37. The van der Waals surface area contributed by atoms with E-state index in [4.69, 9.17) is 10.1 Å². The second-order valence-electron chi connectivity index (χ2n) is 6.49. The van der Waals surface area contributed by atoms with Gasteiger partial charge in [0.05, 0.1) is 6.61 Å². The van der Waals surface area contributed by atoms with Gasteiger partial charge in [-0.3, -0.25) is 0 Å². The van der Waals surface area contributed by atoms with Crippen LogP contribution < -0.4 is 4.90 Å². The molecule has 0 fully saturated rings. The summed E-state index contributed by atoms with van der Waals surface area (Å²) in [6.07, 6.45) is 0.716. The first kappa shape index (κ1) is 16.9. The van der Waals surface area contributed by atoms with Crippen molar-refractivity contribution in [3.63, 3.8) is 0 Å². The number of aromatic nitrogens is 1. The van der Waals surface area contributed by atoms with E-state index in [2.05, 4.69) is 39.5 Å². The Hall–Kier alpha value is -1.13. The van der Waals surface area contributed by atoms with Crippen molar-refractivity contribution in [1.82, 2.24) is 4.98 Å². The average molecular weight is 280 g/mol. The Morgan fingerprint density at radius 1 is 1.20 bits per heavy atom. The topological polar surface area (TPSA) is 56.6 Å². The molecule has 0 bridgehead atoms. The normalized spacial score (nSPS) is 12.0. The van der Waals surface area contributed by atoms with Gasteiger partial charge in [0.15, 0.2) is 0 Å². The summed E-state index contributed by atoms with van der Waals surface area (Å²) in [5.74, 6) is 0.880. The first-order chi connectivity index (χ1) is 9.29. The summed E-state index contributed by atoms with van der Waals surface area (Å²) in [5, 5.41) is 18.5. The number of anilines is 1. The maximum atomic E-state index is 9.46. The number of nitrogens with zero attached hydrogens (tertiary/aromatic N) is 2. The first-order valence-electron chi connectivity index (χ1n) is 7.29. The molecule has 0 atom stereocenters. The fourth-order valence-electron chi connectivity index (χ4n) is 2.07. The standard InChI is InChI=1S/C16H28N2O2/c1-12(2)18(7-6-8-19)15-10-13(11-20)9-14(17-15)16(3,4)5/h9-10,12,19-20H,6-8,11H2,1-5H3. The Morgan fingerprint density at radius 3 is 2.30 bits per heavy atom. The molecular formula is C16H28N2O2. The van der Waals surface area contributed by atoms with E-state index in [1.807, 2.05) is 12.1 Å². The second kappa shape index (κ2) is 7.04. The van der Waals surface area contributed by atoms with E-state index in [1.54, 1.807) is 0 Å². The second-order valence-corrected chi connectivity index (χ2v) is 6.49. The number of hydrogen-bond donors (Lipinski definition) is 2. The van der Waals surface area contributed by atoms with Crippen LogP contribution in [0.1, 0.15) is 52.3 Å². The fourth-order valence-corrected chi connectivity index (χ4v) is 2.07. The number of hydrogen-bond acceptors (Lipinski definition) is 4. The predicted molar refractivity (Wildman–Crippen MR) is 83.0 cm³/mol. The molecular weight excluding hydrogens is 252 g/mol. The lowest BCUT2D eigenvalue weighted by Crippen LogP contribution is -2.33. The highest BCUT2D eigenvalue weighted by Gasteiger charge is 2.20. The van der Waals surface area contributed by atoms with Gasteiger partial charge in [0.2, 0.25) is 0 Å². The van der Waals surface area contributed by atoms with Gasteiger partial charge in [0.1, 0.15) is 5.82 Å². The molecule has 0 radical (unpaired) electrons. The number of pyridine rings is 1. The summed E-state index contributed by atoms with van der Waals surface area (Å²) in [4.78, 5) is 6.93. The largest absolute Gasteiger partial charge is 0.396 e. The van der Waals surface area contributed by atoms with Gasteiger partial charge in [-0.15, -0.1) is 0 Å². The number of aliphatic hydroxyl groups is 2. The molecule has 0 spiro atoms. The third-order valence-corrected chi connectivity index (χ3v) is 3.30. The van der Waals surface area contributed by atoms with Gasteiger partial charge in [0.25, 0.3) is 0 Å². The summed E-state index contributed by atoms with van der Waals surface area (Å²) < 4.78 is 0. The van der Waals surface area contributed by atoms with Gasteiger partial charge in [-0.1, -0.05) is 20.8 Å². The smallest absolute Gasteiger partial charge is 0.129 e. The number of aliphatic hydroxyl groups excluding tert-OH is 2. The van der Waals surface area contributed by atoms with Crippen molar-refractivity contribution in [2.75, 3.05) is 18.1 Å². The van der Waals surface area contributed by atoms with Crippen LogP contribution >= 0.6 is 0 Å². The molecule has 2 N–H and O–H groups in total. The maximum Gasteiger partial charge on any atom is 0.129 e. The maximum absolute atomic E-state index is 9.46. The van der Waals surface area contributed by atoms with Gasteiger partial charge in [0, 0.05) is 30.3 Å². The van der Waals surface area contributed by atoms with E-state index in [0.29, 0.717) is 12.5 Å². The molecule has 1 aromatic rings. The van der Waals surface area contributed by atoms with Crippen molar-refractivity contribution in [3.05, 3.63) is 23.4 Å². The zero-order chi connectivity index (χ0) is 15.3. The Morgan fingerprint density at radius 2 is 1.85 bits per heavy atom. The molecule has 4 heteroatoms. The lowest BCUT2D eigenvalue weighted by Gasteiger charge is -2.30. The van der Waals surface area contributed by atoms with Crippen LogP contribution in [0, 0.1) is 0 Å². The third kappa shape index (κ3) is 4.46. The van der Waals surface area contributed by atoms with Gasteiger partial charge in [-0.2, -0.15) is 0 Å². The molecule has 0 aliphatic rings. The molecule has 4 nitrogen and oxygen atoms in total. The van der Waals surface area contributed by atoms with Crippen LogP contribution in [-0.2, 0) is 12.0 Å². The van der Waals surface area contributed by atoms with E-state index in [1.165, 1.54) is 0 Å². The van der Waals surface area contributed by atoms with Crippen molar-refractivity contribution in [3.8, 4) is 0 Å². The van der Waals surface area contributed by atoms with Crippen LogP contribution in [0.2, 0.25) is 0 Å². The Labute approximate surface area is 122 Å². The highest BCUT2D eigenvalue weighted by atomic mass is 16.3. The van der Waals surface area contributed by atoms with Crippen LogP contribution in [0.25, 0.3) is 0 Å². The fraction of sp³-hybridized carbons (Fsp3) is 0.688. The molecule has 0 aliphatic heterocycles. The summed E-state index contributed by atoms with van der Waals surface area (Å²) >= 11 is 0. The van der Waals surface area contributed by atoms with Crippen LogP contribution in [0.5, 0.6) is 0 Å². The summed E-state index contributed by atoms with van der Waals surface area (Å²) in [6, 6.07) is 4.21. The van der Waals surface area contributed by atoms with Gasteiger partial charge in [-0.25, -0.2) is 4.98 Å². The molecule has 20 heavy (non-hydrogen) atoms.